The molecule has 0 aliphatic heterocycles. The van der Waals surface area contributed by atoms with Crippen LogP contribution in [0.3, 0.4) is 0 Å². The summed E-state index contributed by atoms with van der Waals surface area (Å²) in [7, 11) is -3.10. The molecule has 0 saturated carbocycles. The fourth-order valence-corrected chi connectivity index (χ4v) is 3.82. The lowest BCUT2D eigenvalue weighted by Gasteiger charge is -2.05. The molecule has 0 unspecified atom stereocenters. The number of halogens is 1. The van der Waals surface area contributed by atoms with Crippen molar-refractivity contribution >= 4 is 25.8 Å². The molecule has 2 nitrogen and oxygen atoms in total. The van der Waals surface area contributed by atoms with Crippen molar-refractivity contribution in [2.75, 3.05) is 5.75 Å². The normalized spacial score (nSPS) is 11.7. The predicted octanol–water partition coefficient (Wildman–Crippen LogP) is 5.36. The smallest absolute Gasteiger partial charge is 0.178 e. The van der Waals surface area contributed by atoms with Gasteiger partial charge in [-0.15, -0.1) is 0 Å². The summed E-state index contributed by atoms with van der Waals surface area (Å²) in [6.07, 6.45) is 9.36. The van der Waals surface area contributed by atoms with Crippen molar-refractivity contribution in [2.45, 2.75) is 63.2 Å². The van der Waals surface area contributed by atoms with Crippen LogP contribution in [0.5, 0.6) is 0 Å². The molecule has 1 aromatic rings. The molecule has 1 aromatic carbocycles. The van der Waals surface area contributed by atoms with Crippen LogP contribution in [-0.4, -0.2) is 14.2 Å². The van der Waals surface area contributed by atoms with Crippen LogP contribution in [0, 0.1) is 0 Å². The monoisotopic (exact) mass is 360 g/mol. The van der Waals surface area contributed by atoms with Crippen molar-refractivity contribution in [3.05, 3.63) is 28.7 Å². The Balaban J connectivity index is 2.22. The number of hydrogen-bond acceptors (Lipinski definition) is 2. The van der Waals surface area contributed by atoms with E-state index >= 15 is 0 Å². The Bertz CT molecular complexity index is 466. The van der Waals surface area contributed by atoms with Crippen LogP contribution in [0.1, 0.15) is 58.3 Å². The van der Waals surface area contributed by atoms with Crippen LogP contribution in [0.25, 0.3) is 0 Å². The molecule has 0 saturated heterocycles. The van der Waals surface area contributed by atoms with Gasteiger partial charge in [-0.3, -0.25) is 0 Å². The molecule has 4 heteroatoms. The third kappa shape index (κ3) is 6.89. The first-order chi connectivity index (χ1) is 9.56. The molecule has 0 aromatic heterocycles. The van der Waals surface area contributed by atoms with Gasteiger partial charge in [-0.25, -0.2) is 8.42 Å². The number of benzene rings is 1. The topological polar surface area (TPSA) is 34.1 Å². The lowest BCUT2D eigenvalue weighted by molar-refractivity contribution is 0.572. The quantitative estimate of drug-likeness (QED) is 0.526. The van der Waals surface area contributed by atoms with Crippen molar-refractivity contribution in [3.8, 4) is 0 Å². The van der Waals surface area contributed by atoms with Crippen LogP contribution in [0.2, 0.25) is 0 Å². The summed E-state index contributed by atoms with van der Waals surface area (Å²) >= 11 is 3.32. The number of unbranched alkanes of at least 4 members (excludes halogenated alkanes) is 7. The Morgan fingerprint density at radius 3 is 1.90 bits per heavy atom. The Morgan fingerprint density at radius 2 is 1.35 bits per heavy atom. The van der Waals surface area contributed by atoms with Crippen molar-refractivity contribution in [3.63, 3.8) is 0 Å². The summed E-state index contributed by atoms with van der Waals surface area (Å²) in [5.74, 6) is 0.267. The van der Waals surface area contributed by atoms with Crippen LogP contribution in [0.15, 0.2) is 33.6 Å². The molecule has 0 aliphatic rings. The summed E-state index contributed by atoms with van der Waals surface area (Å²) in [5.41, 5.74) is 0. The summed E-state index contributed by atoms with van der Waals surface area (Å²) < 4.78 is 25.1. The lowest BCUT2D eigenvalue weighted by Crippen LogP contribution is -2.06. The SMILES string of the molecule is CCCCCCCCCCS(=O)(=O)c1ccc(Br)cc1. The molecule has 0 N–H and O–H groups in total. The van der Waals surface area contributed by atoms with E-state index in [9.17, 15) is 8.42 Å². The van der Waals surface area contributed by atoms with Crippen molar-refractivity contribution < 1.29 is 8.42 Å². The fourth-order valence-electron chi connectivity index (χ4n) is 2.19. The van der Waals surface area contributed by atoms with E-state index in [1.807, 2.05) is 0 Å². The molecule has 0 fully saturated rings. The average Bonchev–Trinajstić information content (AvgIpc) is 2.42. The first kappa shape index (κ1) is 17.7. The highest BCUT2D eigenvalue weighted by Crippen LogP contribution is 2.17. The molecule has 0 aliphatic carbocycles. The second kappa shape index (κ2) is 9.56. The fraction of sp³-hybridized carbons (Fsp3) is 0.625. The minimum Gasteiger partial charge on any atom is -0.224 e. The summed E-state index contributed by atoms with van der Waals surface area (Å²) in [4.78, 5) is 0.434. The van der Waals surface area contributed by atoms with Gasteiger partial charge in [-0.1, -0.05) is 67.8 Å². The van der Waals surface area contributed by atoms with Gasteiger partial charge >= 0.3 is 0 Å². The maximum Gasteiger partial charge on any atom is 0.178 e. The molecule has 20 heavy (non-hydrogen) atoms. The van der Waals surface area contributed by atoms with Gasteiger partial charge in [0.15, 0.2) is 9.84 Å². The van der Waals surface area contributed by atoms with Gasteiger partial charge in [0.25, 0.3) is 0 Å². The number of rotatable bonds is 10. The molecule has 0 atom stereocenters. The zero-order valence-corrected chi connectivity index (χ0v) is 14.7. The molecular formula is C16H25BrO2S. The van der Waals surface area contributed by atoms with Crippen LogP contribution in [-0.2, 0) is 9.84 Å². The molecule has 0 amide bonds. The molecular weight excluding hydrogens is 336 g/mol. The van der Waals surface area contributed by atoms with Gasteiger partial charge in [0.05, 0.1) is 10.6 Å². The lowest BCUT2D eigenvalue weighted by atomic mass is 10.1. The van der Waals surface area contributed by atoms with Crippen molar-refractivity contribution in [2.24, 2.45) is 0 Å². The first-order valence-corrected chi connectivity index (χ1v) is 9.99. The van der Waals surface area contributed by atoms with E-state index in [0.29, 0.717) is 4.90 Å². The van der Waals surface area contributed by atoms with Crippen LogP contribution in [0.4, 0.5) is 0 Å². The third-order valence-corrected chi connectivity index (χ3v) is 5.78. The van der Waals surface area contributed by atoms with E-state index in [4.69, 9.17) is 0 Å². The zero-order valence-electron chi connectivity index (χ0n) is 12.3. The maximum absolute atomic E-state index is 12.1. The highest BCUT2D eigenvalue weighted by Gasteiger charge is 2.13. The highest BCUT2D eigenvalue weighted by atomic mass is 79.9. The average molecular weight is 361 g/mol. The van der Waals surface area contributed by atoms with Gasteiger partial charge in [0.2, 0.25) is 0 Å². The Kier molecular flexibility index (Phi) is 8.46. The third-order valence-electron chi connectivity index (χ3n) is 3.44. The van der Waals surface area contributed by atoms with Crippen LogP contribution >= 0.6 is 15.9 Å². The number of sulfone groups is 1. The summed E-state index contributed by atoms with van der Waals surface area (Å²) in [6.45, 7) is 2.22. The van der Waals surface area contributed by atoms with Gasteiger partial charge < -0.3 is 0 Å². The van der Waals surface area contributed by atoms with Gasteiger partial charge in [0, 0.05) is 4.47 Å². The second-order valence-corrected chi connectivity index (χ2v) is 8.27. The van der Waals surface area contributed by atoms with E-state index < -0.39 is 9.84 Å². The molecule has 0 heterocycles. The Morgan fingerprint density at radius 1 is 0.850 bits per heavy atom. The van der Waals surface area contributed by atoms with Crippen LogP contribution < -0.4 is 0 Å². The Hall–Kier alpha value is -0.350. The van der Waals surface area contributed by atoms with E-state index in [-0.39, 0.29) is 5.75 Å². The minimum atomic E-state index is -3.10. The standard InChI is InChI=1S/C16H25BrO2S/c1-2-3-4-5-6-7-8-9-14-20(18,19)16-12-10-15(17)11-13-16/h10-13H,2-9,14H2,1H3. The van der Waals surface area contributed by atoms with Crippen molar-refractivity contribution in [1.29, 1.82) is 0 Å². The van der Waals surface area contributed by atoms with Crippen molar-refractivity contribution in [1.82, 2.24) is 0 Å². The van der Waals surface area contributed by atoms with E-state index in [0.717, 1.165) is 23.7 Å². The van der Waals surface area contributed by atoms with E-state index in [1.165, 1.54) is 32.1 Å². The van der Waals surface area contributed by atoms with Gasteiger partial charge in [-0.2, -0.15) is 0 Å². The van der Waals surface area contributed by atoms with E-state index in [2.05, 4.69) is 22.9 Å². The molecule has 1 rings (SSSR count). The maximum atomic E-state index is 12.1. The molecule has 0 radical (unpaired) electrons. The predicted molar refractivity (Wildman–Crippen MR) is 88.8 cm³/mol. The first-order valence-electron chi connectivity index (χ1n) is 7.54. The van der Waals surface area contributed by atoms with Gasteiger partial charge in [0.1, 0.15) is 0 Å². The second-order valence-electron chi connectivity index (χ2n) is 5.25. The molecule has 0 spiro atoms. The number of hydrogen-bond donors (Lipinski definition) is 0. The molecule has 114 valence electrons. The highest BCUT2D eigenvalue weighted by molar-refractivity contribution is 9.10. The van der Waals surface area contributed by atoms with Gasteiger partial charge in [-0.05, 0) is 30.7 Å². The minimum absolute atomic E-state index is 0.267. The summed E-state index contributed by atoms with van der Waals surface area (Å²) in [6, 6.07) is 6.90. The largest absolute Gasteiger partial charge is 0.224 e. The Labute approximate surface area is 132 Å². The van der Waals surface area contributed by atoms with E-state index in [1.54, 1.807) is 24.3 Å². The summed E-state index contributed by atoms with van der Waals surface area (Å²) in [5, 5.41) is 0. The zero-order chi connectivity index (χ0) is 14.8. The molecule has 0 bridgehead atoms.